The minimum absolute atomic E-state index is 0.00579. The molecule has 0 saturated carbocycles. The highest BCUT2D eigenvalue weighted by atomic mass is 35.5. The molecule has 9 nitrogen and oxygen atoms in total. The SMILES string of the molecule is CC(C)(O)/C(N)=N/S(=O)(=O)c1cc(/C(O)=C(/C(=O)c2ccc(Cl)s2)c2nc3ccccc3[nH]2)ccc1F. The first-order chi connectivity index (χ1) is 17.3. The number of aromatic amines is 1. The number of Topliss-reactive ketones (excluding diaryl/α,β-unsaturated/α-hetero) is 1. The van der Waals surface area contributed by atoms with Gasteiger partial charge in [-0.1, -0.05) is 23.7 Å². The number of carbonyl (C=O) groups excluding carboxylic acids is 1. The van der Waals surface area contributed by atoms with Gasteiger partial charge in [0.1, 0.15) is 39.3 Å². The van der Waals surface area contributed by atoms with E-state index < -0.39 is 43.7 Å². The van der Waals surface area contributed by atoms with Crippen molar-refractivity contribution in [1.82, 2.24) is 9.97 Å². The molecule has 4 aromatic rings. The third-order valence-electron chi connectivity index (χ3n) is 5.21. The molecule has 0 aliphatic rings. The van der Waals surface area contributed by atoms with Crippen molar-refractivity contribution in [3.8, 4) is 0 Å². The second-order valence-electron chi connectivity index (χ2n) is 8.41. The highest BCUT2D eigenvalue weighted by molar-refractivity contribution is 7.90. The Morgan fingerprint density at radius 1 is 1.19 bits per heavy atom. The number of nitrogens with two attached hydrogens (primary N) is 1. The molecule has 2 aromatic heterocycles. The fourth-order valence-electron chi connectivity index (χ4n) is 3.24. The van der Waals surface area contributed by atoms with Crippen LogP contribution in [-0.2, 0) is 10.0 Å². The van der Waals surface area contributed by atoms with E-state index >= 15 is 0 Å². The minimum Gasteiger partial charge on any atom is -0.506 e. The number of hydrogen-bond donors (Lipinski definition) is 4. The summed E-state index contributed by atoms with van der Waals surface area (Å²) < 4.78 is 43.8. The summed E-state index contributed by atoms with van der Waals surface area (Å²) in [6.45, 7) is 2.43. The molecule has 13 heteroatoms. The first-order valence-electron chi connectivity index (χ1n) is 10.6. The van der Waals surface area contributed by atoms with E-state index in [0.717, 1.165) is 29.5 Å². The molecular formula is C24H20ClFN4O5S2. The van der Waals surface area contributed by atoms with Gasteiger partial charge in [0, 0.05) is 5.56 Å². The number of amidine groups is 1. The number of ketones is 1. The van der Waals surface area contributed by atoms with E-state index in [-0.39, 0.29) is 21.8 Å². The Balaban J connectivity index is 1.93. The molecule has 0 aliphatic carbocycles. The Morgan fingerprint density at radius 2 is 1.89 bits per heavy atom. The number of thiophene rings is 1. The van der Waals surface area contributed by atoms with Crippen molar-refractivity contribution in [3.63, 3.8) is 0 Å². The fourth-order valence-corrected chi connectivity index (χ4v) is 5.40. The molecule has 0 saturated heterocycles. The van der Waals surface area contributed by atoms with Gasteiger partial charge in [-0.2, -0.15) is 8.42 Å². The van der Waals surface area contributed by atoms with Crippen molar-refractivity contribution < 1.29 is 27.8 Å². The zero-order valence-electron chi connectivity index (χ0n) is 19.4. The molecule has 2 aromatic carbocycles. The van der Waals surface area contributed by atoms with Crippen molar-refractivity contribution in [3.05, 3.63) is 81.0 Å². The lowest BCUT2D eigenvalue weighted by molar-refractivity contribution is 0.105. The van der Waals surface area contributed by atoms with Gasteiger partial charge in [-0.25, -0.2) is 9.37 Å². The van der Waals surface area contributed by atoms with E-state index in [4.69, 9.17) is 17.3 Å². The van der Waals surface area contributed by atoms with Crippen LogP contribution >= 0.6 is 22.9 Å². The first kappa shape index (κ1) is 26.5. The molecule has 5 N–H and O–H groups in total. The van der Waals surface area contributed by atoms with Gasteiger partial charge < -0.3 is 20.9 Å². The van der Waals surface area contributed by atoms with Crippen LogP contribution in [0.4, 0.5) is 4.39 Å². The maximum atomic E-state index is 14.6. The van der Waals surface area contributed by atoms with Crippen LogP contribution in [-0.4, -0.2) is 45.8 Å². The quantitative estimate of drug-likeness (QED) is 0.0845. The highest BCUT2D eigenvalue weighted by Gasteiger charge is 2.28. The molecule has 0 unspecified atom stereocenters. The number of aliphatic hydroxyl groups is 2. The highest BCUT2D eigenvalue weighted by Crippen LogP contribution is 2.33. The molecule has 0 atom stereocenters. The van der Waals surface area contributed by atoms with E-state index in [0.29, 0.717) is 15.4 Å². The molecular weight excluding hydrogens is 543 g/mol. The van der Waals surface area contributed by atoms with Gasteiger partial charge in [0.05, 0.1) is 20.2 Å². The molecule has 0 radical (unpaired) electrons. The topological polar surface area (TPSA) is 159 Å². The molecule has 4 rings (SSSR count). The number of H-pyrrole nitrogens is 1. The smallest absolute Gasteiger partial charge is 0.286 e. The van der Waals surface area contributed by atoms with Crippen molar-refractivity contribution in [2.24, 2.45) is 10.1 Å². The minimum atomic E-state index is -4.74. The van der Waals surface area contributed by atoms with Crippen molar-refractivity contribution in [1.29, 1.82) is 0 Å². The van der Waals surface area contributed by atoms with E-state index in [1.165, 1.54) is 26.0 Å². The summed E-state index contributed by atoms with van der Waals surface area (Å²) in [5.74, 6) is -3.14. The number of benzene rings is 2. The number of aromatic nitrogens is 2. The molecule has 37 heavy (non-hydrogen) atoms. The maximum absolute atomic E-state index is 14.6. The Hall–Kier alpha value is -3.58. The number of carbonyl (C=O) groups is 1. The predicted molar refractivity (Wildman–Crippen MR) is 141 cm³/mol. The van der Waals surface area contributed by atoms with E-state index in [1.54, 1.807) is 24.3 Å². The number of nitrogens with zero attached hydrogens (tertiary/aromatic N) is 2. The Morgan fingerprint density at radius 3 is 2.51 bits per heavy atom. The predicted octanol–water partition coefficient (Wildman–Crippen LogP) is 4.54. The molecule has 0 amide bonds. The summed E-state index contributed by atoms with van der Waals surface area (Å²) in [5.41, 5.74) is 4.38. The largest absolute Gasteiger partial charge is 0.506 e. The molecule has 0 bridgehead atoms. The number of nitrogens with one attached hydrogen (secondary N) is 1. The van der Waals surface area contributed by atoms with E-state index in [9.17, 15) is 27.8 Å². The van der Waals surface area contributed by atoms with Crippen LogP contribution < -0.4 is 5.73 Å². The molecule has 0 spiro atoms. The number of allylic oxidation sites excluding steroid dienone is 1. The summed E-state index contributed by atoms with van der Waals surface area (Å²) in [7, 11) is -4.74. The average molecular weight is 563 g/mol. The zero-order chi connectivity index (χ0) is 27.1. The number of rotatable bonds is 7. The molecule has 2 heterocycles. The van der Waals surface area contributed by atoms with Gasteiger partial charge in [-0.3, -0.25) is 4.79 Å². The summed E-state index contributed by atoms with van der Waals surface area (Å²) in [6, 6.07) is 12.6. The third kappa shape index (κ3) is 5.42. The lowest BCUT2D eigenvalue weighted by Gasteiger charge is -2.16. The van der Waals surface area contributed by atoms with Gasteiger partial charge >= 0.3 is 0 Å². The standard InChI is InChI=1S/C24H20ClFN4O5S2/c1-24(2,33)23(27)30-37(34,35)17-11-12(7-8-13(17)26)20(31)19(21(32)16-9-10-18(25)36-16)22-28-14-5-3-4-6-15(14)29-22/h3-11,31,33H,1-2H3,(H2,27,30)(H,28,29)/b20-19+. The Bertz CT molecular complexity index is 1670. The van der Waals surface area contributed by atoms with Crippen LogP contribution in [0.3, 0.4) is 0 Å². The monoisotopic (exact) mass is 562 g/mol. The van der Waals surface area contributed by atoms with Crippen molar-refractivity contribution >= 4 is 66.9 Å². The zero-order valence-corrected chi connectivity index (χ0v) is 21.7. The van der Waals surface area contributed by atoms with E-state index in [2.05, 4.69) is 14.4 Å². The Kier molecular flexibility index (Phi) is 6.95. The number of sulfonamides is 1. The Labute approximate surface area is 219 Å². The average Bonchev–Trinajstić information content (AvgIpc) is 3.44. The van der Waals surface area contributed by atoms with Crippen LogP contribution in [0.15, 0.2) is 63.9 Å². The van der Waals surface area contributed by atoms with Crippen LogP contribution in [0.5, 0.6) is 0 Å². The van der Waals surface area contributed by atoms with Gasteiger partial charge in [-0.05, 0) is 56.3 Å². The second-order valence-corrected chi connectivity index (χ2v) is 11.7. The van der Waals surface area contributed by atoms with E-state index in [1.807, 2.05) is 0 Å². The lowest BCUT2D eigenvalue weighted by atomic mass is 10.0. The van der Waals surface area contributed by atoms with Crippen LogP contribution in [0.1, 0.15) is 34.9 Å². The summed E-state index contributed by atoms with van der Waals surface area (Å²) >= 11 is 6.97. The van der Waals surface area contributed by atoms with Crippen molar-refractivity contribution in [2.45, 2.75) is 24.3 Å². The molecule has 0 aliphatic heterocycles. The summed E-state index contributed by atoms with van der Waals surface area (Å²) in [6.07, 6.45) is 0. The normalized spacial score (nSPS) is 13.6. The van der Waals surface area contributed by atoms with Crippen LogP contribution in [0.25, 0.3) is 22.4 Å². The van der Waals surface area contributed by atoms with Crippen LogP contribution in [0, 0.1) is 5.82 Å². The number of hydrogen-bond acceptors (Lipinski definition) is 7. The summed E-state index contributed by atoms with van der Waals surface area (Å²) in [4.78, 5) is 20.1. The molecule has 0 fully saturated rings. The number of imidazole rings is 1. The second kappa shape index (κ2) is 9.71. The number of halogens is 2. The number of para-hydroxylation sites is 2. The van der Waals surface area contributed by atoms with Crippen LogP contribution in [0.2, 0.25) is 4.34 Å². The lowest BCUT2D eigenvalue weighted by Crippen LogP contribution is -2.38. The van der Waals surface area contributed by atoms with Gasteiger partial charge in [0.15, 0.2) is 0 Å². The van der Waals surface area contributed by atoms with Gasteiger partial charge in [-0.15, -0.1) is 15.7 Å². The first-order valence-corrected chi connectivity index (χ1v) is 13.2. The maximum Gasteiger partial charge on any atom is 0.286 e. The van der Waals surface area contributed by atoms with Crippen molar-refractivity contribution in [2.75, 3.05) is 0 Å². The molecule has 192 valence electrons. The van der Waals surface area contributed by atoms with Gasteiger partial charge in [0.2, 0.25) is 5.78 Å². The summed E-state index contributed by atoms with van der Waals surface area (Å²) in [5, 5.41) is 21.2. The van der Waals surface area contributed by atoms with Gasteiger partial charge in [0.25, 0.3) is 10.0 Å². The number of fused-ring (bicyclic) bond motifs is 1. The fraction of sp³-hybridized carbons (Fsp3) is 0.125. The number of aliphatic hydroxyl groups excluding tert-OH is 1. The third-order valence-corrected chi connectivity index (χ3v) is 7.75.